The summed E-state index contributed by atoms with van der Waals surface area (Å²) in [6, 6.07) is 50.3. The zero-order valence-corrected chi connectivity index (χ0v) is 31.1. The second-order valence-electron chi connectivity index (χ2n) is 13.6. The lowest BCUT2D eigenvalue weighted by Gasteiger charge is -2.24. The third-order valence-electron chi connectivity index (χ3n) is 9.62. The van der Waals surface area contributed by atoms with Gasteiger partial charge in [-0.15, -0.1) is 0 Å². The summed E-state index contributed by atoms with van der Waals surface area (Å²) < 4.78 is 51.5. The first-order valence-corrected chi connectivity index (χ1v) is 18.8. The topological polar surface area (TPSA) is 73.8 Å². The van der Waals surface area contributed by atoms with Crippen LogP contribution in [0, 0.1) is 11.8 Å². The molecule has 55 heavy (non-hydrogen) atoms. The molecule has 5 aromatic carbocycles. The van der Waals surface area contributed by atoms with Crippen molar-refractivity contribution in [2.24, 2.45) is 0 Å². The molecule has 0 aromatic heterocycles. The molecule has 2 saturated heterocycles. The predicted molar refractivity (Wildman–Crippen MR) is 208 cm³/mol. The van der Waals surface area contributed by atoms with Crippen LogP contribution in [0.3, 0.4) is 0 Å². The van der Waals surface area contributed by atoms with E-state index in [1.807, 2.05) is 152 Å². The molecule has 0 aliphatic carbocycles. The lowest BCUT2D eigenvalue weighted by atomic mass is 10.1. The van der Waals surface area contributed by atoms with Crippen LogP contribution in [0.4, 0.5) is 0 Å². The fourth-order valence-electron chi connectivity index (χ4n) is 6.75. The van der Waals surface area contributed by atoms with Gasteiger partial charge in [0.1, 0.15) is 42.7 Å². The SMILES string of the molecule is CO[C@H]1O[C@H](C#C[C@H]2O[C@H](COCc3ccccc3)[C@@H](OCc3ccccc3)[C@@H]2OCc2ccccc2)[C@@H](OCc2ccccc2)[C@@H]1OCc1ccccc1. The van der Waals surface area contributed by atoms with E-state index >= 15 is 0 Å². The summed E-state index contributed by atoms with van der Waals surface area (Å²) in [6.45, 7) is 2.20. The fraction of sp³-hybridized carbons (Fsp3) is 0.319. The van der Waals surface area contributed by atoms with Gasteiger partial charge in [-0.25, -0.2) is 0 Å². The standard InChI is InChI=1S/C47H48O8/c1-48-47-46(53-33-39-25-15-6-16-26-39)44(51-31-37-21-11-4-12-22-37)41(55-47)28-27-40-43(50-30-36-19-9-3-10-20-36)45(52-32-38-23-13-5-14-24-38)42(54-40)34-49-29-35-17-7-2-8-18-35/h2-26,40-47H,29-34H2,1H3/t40-,41-,42-,43-,44-,45-,46+,47+/m1/s1. The molecular weight excluding hydrogens is 693 g/mol. The van der Waals surface area contributed by atoms with Gasteiger partial charge >= 0.3 is 0 Å². The lowest BCUT2D eigenvalue weighted by Crippen LogP contribution is -2.39. The molecular formula is C47H48O8. The fourth-order valence-corrected chi connectivity index (χ4v) is 6.75. The van der Waals surface area contributed by atoms with Crippen LogP contribution in [0.5, 0.6) is 0 Å². The molecule has 2 heterocycles. The zero-order chi connectivity index (χ0) is 37.5. The maximum atomic E-state index is 6.70. The highest BCUT2D eigenvalue weighted by Crippen LogP contribution is 2.32. The molecule has 0 bridgehead atoms. The van der Waals surface area contributed by atoms with Crippen LogP contribution >= 0.6 is 0 Å². The van der Waals surface area contributed by atoms with Gasteiger partial charge in [0.15, 0.2) is 6.29 Å². The molecule has 0 N–H and O–H groups in total. The van der Waals surface area contributed by atoms with Gasteiger partial charge in [0, 0.05) is 7.11 Å². The van der Waals surface area contributed by atoms with Crippen LogP contribution in [0.2, 0.25) is 0 Å². The van der Waals surface area contributed by atoms with Crippen molar-refractivity contribution in [1.29, 1.82) is 0 Å². The van der Waals surface area contributed by atoms with Crippen molar-refractivity contribution in [1.82, 2.24) is 0 Å². The van der Waals surface area contributed by atoms with Crippen LogP contribution < -0.4 is 0 Å². The monoisotopic (exact) mass is 740 g/mol. The Bertz CT molecular complexity index is 1880. The smallest absolute Gasteiger partial charge is 0.187 e. The Labute approximate surface area is 324 Å². The Balaban J connectivity index is 1.14. The van der Waals surface area contributed by atoms with Crippen LogP contribution in [0.1, 0.15) is 27.8 Å². The number of hydrogen-bond donors (Lipinski definition) is 0. The molecule has 0 unspecified atom stereocenters. The highest BCUT2D eigenvalue weighted by Gasteiger charge is 2.48. The number of ether oxygens (including phenoxy) is 8. The van der Waals surface area contributed by atoms with E-state index in [0.29, 0.717) is 39.6 Å². The summed E-state index contributed by atoms with van der Waals surface area (Å²) >= 11 is 0. The van der Waals surface area contributed by atoms with E-state index in [2.05, 4.69) is 11.8 Å². The van der Waals surface area contributed by atoms with Gasteiger partial charge in [-0.1, -0.05) is 164 Å². The molecule has 284 valence electrons. The minimum Gasteiger partial charge on any atom is -0.374 e. The highest BCUT2D eigenvalue weighted by molar-refractivity contribution is 5.22. The first-order chi connectivity index (χ1) is 27.2. The number of benzene rings is 5. The van der Waals surface area contributed by atoms with E-state index in [1.165, 1.54) is 0 Å². The maximum Gasteiger partial charge on any atom is 0.187 e. The second kappa shape index (κ2) is 20.3. The average molecular weight is 741 g/mol. The first kappa shape index (κ1) is 38.6. The van der Waals surface area contributed by atoms with Gasteiger partial charge in [0.25, 0.3) is 0 Å². The molecule has 2 aliphatic heterocycles. The number of methoxy groups -OCH3 is 1. The quantitative estimate of drug-likeness (QED) is 0.0900. The number of rotatable bonds is 17. The Kier molecular flexibility index (Phi) is 14.3. The molecule has 0 radical (unpaired) electrons. The van der Waals surface area contributed by atoms with Gasteiger partial charge in [-0.05, 0) is 27.8 Å². The first-order valence-electron chi connectivity index (χ1n) is 18.8. The molecule has 7 rings (SSSR count). The van der Waals surface area contributed by atoms with Crippen molar-refractivity contribution < 1.29 is 37.9 Å². The Morgan fingerprint density at radius 3 is 1.18 bits per heavy atom. The van der Waals surface area contributed by atoms with Gasteiger partial charge in [-0.3, -0.25) is 0 Å². The van der Waals surface area contributed by atoms with E-state index in [1.54, 1.807) is 7.11 Å². The van der Waals surface area contributed by atoms with Crippen LogP contribution in [0.15, 0.2) is 152 Å². The average Bonchev–Trinajstić information content (AvgIpc) is 3.77. The third-order valence-corrected chi connectivity index (χ3v) is 9.62. The molecule has 8 nitrogen and oxygen atoms in total. The molecule has 2 fully saturated rings. The number of hydrogen-bond acceptors (Lipinski definition) is 8. The summed E-state index contributed by atoms with van der Waals surface area (Å²) in [5.41, 5.74) is 5.23. The molecule has 0 spiro atoms. The molecule has 0 saturated carbocycles. The van der Waals surface area contributed by atoms with Crippen molar-refractivity contribution in [3.63, 3.8) is 0 Å². The van der Waals surface area contributed by atoms with Gasteiger partial charge < -0.3 is 37.9 Å². The molecule has 8 heteroatoms. The van der Waals surface area contributed by atoms with Crippen LogP contribution in [-0.2, 0) is 70.9 Å². The van der Waals surface area contributed by atoms with Gasteiger partial charge in [0.2, 0.25) is 0 Å². The lowest BCUT2D eigenvalue weighted by molar-refractivity contribution is -0.163. The van der Waals surface area contributed by atoms with E-state index in [-0.39, 0.29) is 0 Å². The third kappa shape index (κ3) is 11.0. The molecule has 0 amide bonds. The minimum absolute atomic E-state index is 0.293. The van der Waals surface area contributed by atoms with E-state index < -0.39 is 49.0 Å². The Morgan fingerprint density at radius 1 is 0.418 bits per heavy atom. The molecule has 2 aliphatic rings. The summed E-state index contributed by atoms with van der Waals surface area (Å²) in [5, 5.41) is 0. The van der Waals surface area contributed by atoms with Crippen molar-refractivity contribution in [2.75, 3.05) is 13.7 Å². The second-order valence-corrected chi connectivity index (χ2v) is 13.6. The van der Waals surface area contributed by atoms with Crippen molar-refractivity contribution >= 4 is 0 Å². The van der Waals surface area contributed by atoms with Crippen molar-refractivity contribution in [3.8, 4) is 11.8 Å². The minimum atomic E-state index is -0.695. The Morgan fingerprint density at radius 2 is 0.764 bits per heavy atom. The van der Waals surface area contributed by atoms with Crippen LogP contribution in [-0.4, -0.2) is 62.7 Å². The summed E-state index contributed by atoms with van der Waals surface area (Å²) in [6.07, 6.45) is -4.57. The predicted octanol–water partition coefficient (Wildman–Crippen LogP) is 7.69. The zero-order valence-electron chi connectivity index (χ0n) is 31.1. The summed E-state index contributed by atoms with van der Waals surface area (Å²) in [5.74, 6) is 6.76. The normalized spacial score (nSPS) is 24.7. The summed E-state index contributed by atoms with van der Waals surface area (Å²) in [4.78, 5) is 0. The molecule has 5 aromatic rings. The van der Waals surface area contributed by atoms with E-state index in [4.69, 9.17) is 37.9 Å². The highest BCUT2D eigenvalue weighted by atomic mass is 16.7. The largest absolute Gasteiger partial charge is 0.374 e. The summed E-state index contributed by atoms with van der Waals surface area (Å²) in [7, 11) is 1.61. The van der Waals surface area contributed by atoms with E-state index in [9.17, 15) is 0 Å². The van der Waals surface area contributed by atoms with Gasteiger partial charge in [-0.2, -0.15) is 0 Å². The Hall–Kier alpha value is -4.66. The molecule has 8 atom stereocenters. The van der Waals surface area contributed by atoms with Crippen molar-refractivity contribution in [2.45, 2.75) is 82.1 Å². The van der Waals surface area contributed by atoms with E-state index in [0.717, 1.165) is 27.8 Å². The van der Waals surface area contributed by atoms with Crippen molar-refractivity contribution in [3.05, 3.63) is 179 Å². The van der Waals surface area contributed by atoms with Crippen LogP contribution in [0.25, 0.3) is 0 Å². The maximum absolute atomic E-state index is 6.70. The van der Waals surface area contributed by atoms with Gasteiger partial charge in [0.05, 0.1) is 39.6 Å².